The lowest BCUT2D eigenvalue weighted by Crippen LogP contribution is -2.24. The van der Waals surface area contributed by atoms with Gasteiger partial charge in [0.05, 0.1) is 11.9 Å². The average molecular weight is 174 g/mol. The minimum atomic E-state index is -0.576. The van der Waals surface area contributed by atoms with Gasteiger partial charge in [-0.1, -0.05) is 6.92 Å². The molecular formula is C9H15FO2. The van der Waals surface area contributed by atoms with Gasteiger partial charge >= 0.3 is 5.97 Å². The fourth-order valence-electron chi connectivity index (χ4n) is 0.610. The van der Waals surface area contributed by atoms with E-state index in [1.54, 1.807) is 27.7 Å². The molecule has 2 nitrogen and oxygen atoms in total. The second-order valence-electron chi connectivity index (χ2n) is 3.49. The monoisotopic (exact) mass is 174 g/mol. The van der Waals surface area contributed by atoms with Gasteiger partial charge in [-0.2, -0.15) is 0 Å². The van der Waals surface area contributed by atoms with Crippen molar-refractivity contribution in [2.75, 3.05) is 0 Å². The number of carbonyl (C=O) groups is 1. The number of ether oxygens (including phenoxy) is 1. The first-order valence-electron chi connectivity index (χ1n) is 3.93. The molecule has 0 aliphatic carbocycles. The summed E-state index contributed by atoms with van der Waals surface area (Å²) < 4.78 is 17.0. The molecule has 12 heavy (non-hydrogen) atoms. The standard InChI is InChI=1S/C9H15FO2/c1-5-7(6-10)8(11)12-9(2,3)4/h6H,5H2,1-4H3/b7-6-. The molecule has 0 amide bonds. The Morgan fingerprint density at radius 2 is 2.00 bits per heavy atom. The van der Waals surface area contributed by atoms with Crippen LogP contribution >= 0.6 is 0 Å². The maximum absolute atomic E-state index is 12.0. The maximum atomic E-state index is 12.0. The van der Waals surface area contributed by atoms with Crippen molar-refractivity contribution in [2.24, 2.45) is 0 Å². The Morgan fingerprint density at radius 1 is 1.50 bits per heavy atom. The van der Waals surface area contributed by atoms with E-state index in [0.29, 0.717) is 12.8 Å². The Kier molecular flexibility index (Phi) is 3.93. The minimum absolute atomic E-state index is 0.0740. The Bertz CT molecular complexity index is 189. The van der Waals surface area contributed by atoms with Crippen LogP contribution in [-0.2, 0) is 9.53 Å². The molecule has 0 aliphatic heterocycles. The van der Waals surface area contributed by atoms with E-state index in [9.17, 15) is 9.18 Å². The van der Waals surface area contributed by atoms with Crippen LogP contribution in [-0.4, -0.2) is 11.6 Å². The van der Waals surface area contributed by atoms with Gasteiger partial charge in [-0.25, -0.2) is 9.18 Å². The molecule has 0 rings (SSSR count). The van der Waals surface area contributed by atoms with Crippen LogP contribution in [0.1, 0.15) is 34.1 Å². The molecule has 70 valence electrons. The van der Waals surface area contributed by atoms with Crippen molar-refractivity contribution >= 4 is 5.97 Å². The summed E-state index contributed by atoms with van der Waals surface area (Å²) in [5, 5.41) is 0. The number of halogens is 1. The van der Waals surface area contributed by atoms with Crippen LogP contribution in [0.25, 0.3) is 0 Å². The first kappa shape index (κ1) is 11.1. The Balaban J connectivity index is 4.23. The molecule has 0 spiro atoms. The van der Waals surface area contributed by atoms with E-state index in [4.69, 9.17) is 4.74 Å². The summed E-state index contributed by atoms with van der Waals surface area (Å²) in [6.45, 7) is 6.94. The molecule has 0 atom stereocenters. The van der Waals surface area contributed by atoms with Gasteiger partial charge in [-0.05, 0) is 27.2 Å². The minimum Gasteiger partial charge on any atom is -0.457 e. The summed E-state index contributed by atoms with van der Waals surface area (Å²) in [7, 11) is 0. The van der Waals surface area contributed by atoms with E-state index >= 15 is 0 Å². The lowest BCUT2D eigenvalue weighted by atomic mass is 10.2. The van der Waals surface area contributed by atoms with Crippen molar-refractivity contribution in [1.29, 1.82) is 0 Å². The number of carbonyl (C=O) groups excluding carboxylic acids is 1. The number of rotatable bonds is 2. The molecule has 0 aliphatic rings. The summed E-state index contributed by atoms with van der Waals surface area (Å²) in [6.07, 6.45) is 0.652. The SMILES string of the molecule is CC/C(=C/F)C(=O)OC(C)(C)C. The van der Waals surface area contributed by atoms with Crippen molar-refractivity contribution in [2.45, 2.75) is 39.7 Å². The highest BCUT2D eigenvalue weighted by Gasteiger charge is 2.18. The second kappa shape index (κ2) is 4.24. The summed E-state index contributed by atoms with van der Waals surface area (Å²) in [5.41, 5.74) is -0.481. The molecule has 0 aromatic carbocycles. The molecule has 0 aromatic rings. The second-order valence-corrected chi connectivity index (χ2v) is 3.49. The van der Waals surface area contributed by atoms with Crippen LogP contribution in [0.3, 0.4) is 0 Å². The molecule has 3 heteroatoms. The van der Waals surface area contributed by atoms with Crippen LogP contribution in [0.5, 0.6) is 0 Å². The van der Waals surface area contributed by atoms with Gasteiger partial charge in [0.25, 0.3) is 0 Å². The Hall–Kier alpha value is -0.860. The van der Waals surface area contributed by atoms with Gasteiger partial charge in [-0.15, -0.1) is 0 Å². The van der Waals surface area contributed by atoms with Crippen LogP contribution in [0.15, 0.2) is 11.9 Å². The molecule has 0 bridgehead atoms. The smallest absolute Gasteiger partial charge is 0.336 e. The van der Waals surface area contributed by atoms with E-state index in [1.807, 2.05) is 0 Å². The molecule has 0 radical (unpaired) electrons. The van der Waals surface area contributed by atoms with E-state index in [0.717, 1.165) is 0 Å². The fourth-order valence-corrected chi connectivity index (χ4v) is 0.610. The van der Waals surface area contributed by atoms with E-state index in [-0.39, 0.29) is 5.57 Å². The highest BCUT2D eigenvalue weighted by molar-refractivity contribution is 5.88. The summed E-state index contributed by atoms with van der Waals surface area (Å²) in [5.74, 6) is -0.576. The highest BCUT2D eigenvalue weighted by atomic mass is 19.1. The van der Waals surface area contributed by atoms with Crippen LogP contribution < -0.4 is 0 Å². The Morgan fingerprint density at radius 3 is 2.25 bits per heavy atom. The van der Waals surface area contributed by atoms with Gasteiger partial charge in [0.2, 0.25) is 0 Å². The molecule has 0 fully saturated rings. The first-order chi connectivity index (χ1) is 5.40. The zero-order chi connectivity index (χ0) is 9.78. The summed E-state index contributed by atoms with van der Waals surface area (Å²) >= 11 is 0. The zero-order valence-electron chi connectivity index (χ0n) is 7.98. The van der Waals surface area contributed by atoms with E-state index < -0.39 is 11.6 Å². The predicted octanol–water partition coefficient (Wildman–Crippen LogP) is 2.59. The zero-order valence-corrected chi connectivity index (χ0v) is 7.98. The maximum Gasteiger partial charge on any atom is 0.336 e. The summed E-state index contributed by atoms with van der Waals surface area (Å²) in [4.78, 5) is 11.1. The van der Waals surface area contributed by atoms with Gasteiger partial charge < -0.3 is 4.74 Å². The first-order valence-corrected chi connectivity index (χ1v) is 3.93. The van der Waals surface area contributed by atoms with E-state index in [2.05, 4.69) is 0 Å². The molecule has 0 aromatic heterocycles. The Labute approximate surface area is 72.4 Å². The van der Waals surface area contributed by atoms with Gasteiger partial charge in [0.15, 0.2) is 0 Å². The fraction of sp³-hybridized carbons (Fsp3) is 0.667. The lowest BCUT2D eigenvalue weighted by Gasteiger charge is -2.19. The largest absolute Gasteiger partial charge is 0.457 e. The highest BCUT2D eigenvalue weighted by Crippen LogP contribution is 2.12. The van der Waals surface area contributed by atoms with Gasteiger partial charge in [0.1, 0.15) is 5.60 Å². The van der Waals surface area contributed by atoms with E-state index in [1.165, 1.54) is 0 Å². The van der Waals surface area contributed by atoms with Crippen LogP contribution in [0.2, 0.25) is 0 Å². The normalized spacial score (nSPS) is 12.9. The molecule has 0 saturated carbocycles. The molecule has 0 heterocycles. The van der Waals surface area contributed by atoms with Crippen LogP contribution in [0.4, 0.5) is 4.39 Å². The third kappa shape index (κ3) is 4.11. The van der Waals surface area contributed by atoms with Crippen molar-refractivity contribution in [3.63, 3.8) is 0 Å². The molecule has 0 saturated heterocycles. The molecule has 0 N–H and O–H groups in total. The average Bonchev–Trinajstić information content (AvgIpc) is 1.85. The van der Waals surface area contributed by atoms with Crippen molar-refractivity contribution < 1.29 is 13.9 Å². The molecule has 0 unspecified atom stereocenters. The lowest BCUT2D eigenvalue weighted by molar-refractivity contribution is -0.150. The number of hydrogen-bond acceptors (Lipinski definition) is 2. The quantitative estimate of drug-likeness (QED) is 0.475. The van der Waals surface area contributed by atoms with Crippen molar-refractivity contribution in [3.8, 4) is 0 Å². The van der Waals surface area contributed by atoms with Crippen LogP contribution in [0, 0.1) is 0 Å². The topological polar surface area (TPSA) is 26.3 Å². The van der Waals surface area contributed by atoms with Gasteiger partial charge in [-0.3, -0.25) is 0 Å². The van der Waals surface area contributed by atoms with Crippen molar-refractivity contribution in [1.82, 2.24) is 0 Å². The van der Waals surface area contributed by atoms with Crippen molar-refractivity contribution in [3.05, 3.63) is 11.9 Å². The predicted molar refractivity (Wildman–Crippen MR) is 45.3 cm³/mol. The molecular weight excluding hydrogens is 159 g/mol. The third-order valence-electron chi connectivity index (χ3n) is 1.17. The van der Waals surface area contributed by atoms with Gasteiger partial charge in [0, 0.05) is 0 Å². The third-order valence-corrected chi connectivity index (χ3v) is 1.17. The summed E-state index contributed by atoms with van der Waals surface area (Å²) in [6, 6.07) is 0. The number of hydrogen-bond donors (Lipinski definition) is 0. The number of esters is 1.